The molecule has 0 radical (unpaired) electrons. The largest absolute Gasteiger partial charge is 0.336 e. The summed E-state index contributed by atoms with van der Waals surface area (Å²) in [6.07, 6.45) is 2.00. The first-order valence-corrected chi connectivity index (χ1v) is 5.23. The molecule has 1 rings (SSSR count). The Kier molecular flexibility index (Phi) is 4.15. The van der Waals surface area contributed by atoms with Gasteiger partial charge in [0.15, 0.2) is 5.82 Å². The zero-order valence-electron chi connectivity index (χ0n) is 9.42. The second kappa shape index (κ2) is 5.38. The van der Waals surface area contributed by atoms with Crippen LogP contribution in [-0.4, -0.2) is 22.3 Å². The molecule has 0 saturated carbocycles. The number of nitrogens with zero attached hydrogens (tertiary/aromatic N) is 1. The number of H-pyrrole nitrogens is 1. The lowest BCUT2D eigenvalue weighted by Crippen LogP contribution is -2.34. The van der Waals surface area contributed by atoms with E-state index in [9.17, 15) is 4.79 Å². The zero-order chi connectivity index (χ0) is 11.3. The number of rotatable bonds is 4. The van der Waals surface area contributed by atoms with Crippen LogP contribution in [-0.2, 0) is 6.42 Å². The standard InChI is InChI=1S/C10H18N4O/c1-4-5-8-6-9(14-13-8)12-10(15)11-7(2)3/h6-7H,4-5H2,1-3H3,(H3,11,12,13,14,15). The third kappa shape index (κ3) is 4.01. The van der Waals surface area contributed by atoms with Gasteiger partial charge in [-0.15, -0.1) is 0 Å². The number of hydrogen-bond acceptors (Lipinski definition) is 2. The van der Waals surface area contributed by atoms with Crippen LogP contribution >= 0.6 is 0 Å². The van der Waals surface area contributed by atoms with E-state index >= 15 is 0 Å². The molecule has 0 bridgehead atoms. The molecule has 1 heterocycles. The van der Waals surface area contributed by atoms with Crippen molar-refractivity contribution in [1.29, 1.82) is 0 Å². The van der Waals surface area contributed by atoms with Crippen LogP contribution in [0.1, 0.15) is 32.9 Å². The lowest BCUT2D eigenvalue weighted by molar-refractivity contribution is 0.250. The maximum absolute atomic E-state index is 11.3. The average molecular weight is 210 g/mol. The highest BCUT2D eigenvalue weighted by molar-refractivity contribution is 5.88. The number of amides is 2. The molecule has 1 aromatic rings. The number of anilines is 1. The second-order valence-electron chi connectivity index (χ2n) is 3.78. The van der Waals surface area contributed by atoms with Gasteiger partial charge >= 0.3 is 6.03 Å². The number of aromatic nitrogens is 2. The predicted octanol–water partition coefficient (Wildman–Crippen LogP) is 1.89. The molecule has 0 fully saturated rings. The SMILES string of the molecule is CCCc1cc(NC(=O)NC(C)C)n[nH]1. The highest BCUT2D eigenvalue weighted by Gasteiger charge is 2.05. The molecule has 84 valence electrons. The fourth-order valence-corrected chi connectivity index (χ4v) is 1.24. The summed E-state index contributed by atoms with van der Waals surface area (Å²) in [5, 5.41) is 12.2. The fraction of sp³-hybridized carbons (Fsp3) is 0.600. The van der Waals surface area contributed by atoms with Crippen molar-refractivity contribution in [2.24, 2.45) is 0 Å². The van der Waals surface area contributed by atoms with Gasteiger partial charge in [-0.3, -0.25) is 10.4 Å². The molecule has 0 saturated heterocycles. The molecular formula is C10H18N4O. The van der Waals surface area contributed by atoms with E-state index < -0.39 is 0 Å². The van der Waals surface area contributed by atoms with Crippen LogP contribution in [0.25, 0.3) is 0 Å². The number of hydrogen-bond donors (Lipinski definition) is 3. The molecule has 0 unspecified atom stereocenters. The third-order valence-electron chi connectivity index (χ3n) is 1.81. The minimum atomic E-state index is -0.223. The average Bonchev–Trinajstić information content (AvgIpc) is 2.51. The monoisotopic (exact) mass is 210 g/mol. The Labute approximate surface area is 89.6 Å². The van der Waals surface area contributed by atoms with Crippen LogP contribution in [0, 0.1) is 0 Å². The normalized spacial score (nSPS) is 10.4. The van der Waals surface area contributed by atoms with Crippen molar-refractivity contribution in [1.82, 2.24) is 15.5 Å². The molecule has 15 heavy (non-hydrogen) atoms. The molecule has 1 aromatic heterocycles. The van der Waals surface area contributed by atoms with Crippen LogP contribution in [0.2, 0.25) is 0 Å². The molecule has 0 aliphatic rings. The van der Waals surface area contributed by atoms with Crippen molar-refractivity contribution in [3.05, 3.63) is 11.8 Å². The summed E-state index contributed by atoms with van der Waals surface area (Å²) in [5.74, 6) is 0.566. The zero-order valence-corrected chi connectivity index (χ0v) is 9.42. The van der Waals surface area contributed by atoms with Gasteiger partial charge < -0.3 is 5.32 Å². The van der Waals surface area contributed by atoms with Crippen LogP contribution in [0.5, 0.6) is 0 Å². The summed E-state index contributed by atoms with van der Waals surface area (Å²) >= 11 is 0. The van der Waals surface area contributed by atoms with E-state index in [1.54, 1.807) is 0 Å². The Bertz CT molecular complexity index is 319. The van der Waals surface area contributed by atoms with Gasteiger partial charge in [-0.25, -0.2) is 4.79 Å². The van der Waals surface area contributed by atoms with Crippen LogP contribution in [0.3, 0.4) is 0 Å². The first-order chi connectivity index (χ1) is 7.11. The summed E-state index contributed by atoms with van der Waals surface area (Å²) in [4.78, 5) is 11.3. The highest BCUT2D eigenvalue weighted by atomic mass is 16.2. The van der Waals surface area contributed by atoms with E-state index in [0.717, 1.165) is 18.5 Å². The summed E-state index contributed by atoms with van der Waals surface area (Å²) in [6.45, 7) is 5.92. The number of nitrogens with one attached hydrogen (secondary N) is 3. The Hall–Kier alpha value is -1.52. The summed E-state index contributed by atoms with van der Waals surface area (Å²) < 4.78 is 0. The minimum Gasteiger partial charge on any atom is -0.336 e. The van der Waals surface area contributed by atoms with Crippen molar-refractivity contribution in [3.8, 4) is 0 Å². The van der Waals surface area contributed by atoms with Gasteiger partial charge in [0.25, 0.3) is 0 Å². The lowest BCUT2D eigenvalue weighted by Gasteiger charge is -2.07. The Morgan fingerprint density at radius 3 is 2.93 bits per heavy atom. The summed E-state index contributed by atoms with van der Waals surface area (Å²) in [6, 6.07) is 1.75. The van der Waals surface area contributed by atoms with Crippen molar-refractivity contribution >= 4 is 11.8 Å². The Balaban J connectivity index is 2.46. The van der Waals surface area contributed by atoms with E-state index in [4.69, 9.17) is 0 Å². The molecule has 0 aliphatic heterocycles. The van der Waals surface area contributed by atoms with Crippen LogP contribution in [0.15, 0.2) is 6.07 Å². The van der Waals surface area contributed by atoms with E-state index in [2.05, 4.69) is 27.8 Å². The van der Waals surface area contributed by atoms with E-state index in [1.807, 2.05) is 19.9 Å². The quantitative estimate of drug-likeness (QED) is 0.710. The number of carbonyl (C=O) groups excluding carboxylic acids is 1. The molecule has 0 aliphatic carbocycles. The predicted molar refractivity (Wildman–Crippen MR) is 59.9 cm³/mol. The minimum absolute atomic E-state index is 0.124. The van der Waals surface area contributed by atoms with Crippen molar-refractivity contribution < 1.29 is 4.79 Å². The Morgan fingerprint density at radius 2 is 2.33 bits per heavy atom. The first-order valence-electron chi connectivity index (χ1n) is 5.23. The van der Waals surface area contributed by atoms with Gasteiger partial charge in [-0.05, 0) is 20.3 Å². The van der Waals surface area contributed by atoms with Crippen molar-refractivity contribution in [2.75, 3.05) is 5.32 Å². The number of aromatic amines is 1. The molecule has 0 atom stereocenters. The number of aryl methyl sites for hydroxylation is 1. The van der Waals surface area contributed by atoms with Gasteiger partial charge in [-0.2, -0.15) is 5.10 Å². The van der Waals surface area contributed by atoms with E-state index in [1.165, 1.54) is 0 Å². The van der Waals surface area contributed by atoms with E-state index in [-0.39, 0.29) is 12.1 Å². The van der Waals surface area contributed by atoms with Gasteiger partial charge in [0.2, 0.25) is 0 Å². The summed E-state index contributed by atoms with van der Waals surface area (Å²) in [5.41, 5.74) is 1.04. The third-order valence-corrected chi connectivity index (χ3v) is 1.81. The number of carbonyl (C=O) groups is 1. The van der Waals surface area contributed by atoms with Crippen molar-refractivity contribution in [2.45, 2.75) is 39.7 Å². The maximum Gasteiger partial charge on any atom is 0.320 e. The molecule has 5 nitrogen and oxygen atoms in total. The van der Waals surface area contributed by atoms with Gasteiger partial charge in [-0.1, -0.05) is 13.3 Å². The highest BCUT2D eigenvalue weighted by Crippen LogP contribution is 2.06. The molecule has 5 heteroatoms. The Morgan fingerprint density at radius 1 is 1.60 bits per heavy atom. The van der Waals surface area contributed by atoms with E-state index in [0.29, 0.717) is 5.82 Å². The summed E-state index contributed by atoms with van der Waals surface area (Å²) in [7, 11) is 0. The molecule has 0 aromatic carbocycles. The van der Waals surface area contributed by atoms with Gasteiger partial charge in [0.05, 0.1) is 0 Å². The van der Waals surface area contributed by atoms with Crippen LogP contribution < -0.4 is 10.6 Å². The maximum atomic E-state index is 11.3. The molecule has 0 spiro atoms. The lowest BCUT2D eigenvalue weighted by atomic mass is 10.2. The first kappa shape index (κ1) is 11.6. The van der Waals surface area contributed by atoms with Gasteiger partial charge in [0, 0.05) is 17.8 Å². The number of urea groups is 1. The smallest absolute Gasteiger partial charge is 0.320 e. The van der Waals surface area contributed by atoms with Crippen LogP contribution in [0.4, 0.5) is 10.6 Å². The van der Waals surface area contributed by atoms with Gasteiger partial charge in [0.1, 0.15) is 0 Å². The van der Waals surface area contributed by atoms with Crippen molar-refractivity contribution in [3.63, 3.8) is 0 Å². The molecule has 2 amide bonds. The topological polar surface area (TPSA) is 69.8 Å². The fourth-order valence-electron chi connectivity index (χ4n) is 1.24. The molecule has 3 N–H and O–H groups in total. The molecular weight excluding hydrogens is 192 g/mol. The second-order valence-corrected chi connectivity index (χ2v) is 3.78.